The molecule has 0 unspecified atom stereocenters. The number of ether oxygens (including phenoxy) is 1. The summed E-state index contributed by atoms with van der Waals surface area (Å²) in [5, 5.41) is 4.56. The minimum Gasteiger partial charge on any atom is -0.468 e. The molecule has 3 rings (SSSR count). The number of esters is 1. The molecule has 8 nitrogen and oxygen atoms in total. The molecule has 2 aromatic heterocycles. The van der Waals surface area contributed by atoms with Gasteiger partial charge in [-0.2, -0.15) is 0 Å². The molecule has 1 amide bonds. The number of rotatable bonds is 10. The van der Waals surface area contributed by atoms with Gasteiger partial charge in [0.05, 0.1) is 24.2 Å². The first-order valence-corrected chi connectivity index (χ1v) is 11.5. The van der Waals surface area contributed by atoms with E-state index in [1.807, 2.05) is 17.5 Å². The van der Waals surface area contributed by atoms with Crippen LogP contribution in [0.4, 0.5) is 0 Å². The maximum atomic E-state index is 12.3. The van der Waals surface area contributed by atoms with Crippen molar-refractivity contribution in [1.82, 2.24) is 10.0 Å². The summed E-state index contributed by atoms with van der Waals surface area (Å²) in [5.41, 5.74) is 0.601. The lowest BCUT2D eigenvalue weighted by Gasteiger charge is -2.06. The first kappa shape index (κ1) is 22.5. The first-order valence-electron chi connectivity index (χ1n) is 9.18. The van der Waals surface area contributed by atoms with E-state index in [2.05, 4.69) is 10.0 Å². The third-order valence-corrected chi connectivity index (χ3v) is 6.30. The Kier molecular flexibility index (Phi) is 7.76. The van der Waals surface area contributed by atoms with Crippen molar-refractivity contribution in [2.24, 2.45) is 0 Å². The van der Waals surface area contributed by atoms with E-state index in [4.69, 9.17) is 9.15 Å². The fourth-order valence-electron chi connectivity index (χ4n) is 2.42. The van der Waals surface area contributed by atoms with Gasteiger partial charge in [0.25, 0.3) is 5.91 Å². The van der Waals surface area contributed by atoms with Crippen LogP contribution in [-0.2, 0) is 37.4 Å². The third-order valence-electron chi connectivity index (χ3n) is 4.00. The van der Waals surface area contributed by atoms with Crippen LogP contribution in [0.3, 0.4) is 0 Å². The second-order valence-corrected chi connectivity index (χ2v) is 9.07. The fraction of sp³-hybridized carbons (Fsp3) is 0.143. The lowest BCUT2D eigenvalue weighted by Crippen LogP contribution is -2.27. The van der Waals surface area contributed by atoms with Gasteiger partial charge in [0, 0.05) is 11.0 Å². The van der Waals surface area contributed by atoms with E-state index in [1.54, 1.807) is 24.3 Å². The molecule has 162 valence electrons. The molecule has 0 aliphatic rings. The Hall–Kier alpha value is -3.21. The highest BCUT2D eigenvalue weighted by Gasteiger charge is 2.14. The number of benzene rings is 1. The average Bonchev–Trinajstić information content (AvgIpc) is 3.48. The van der Waals surface area contributed by atoms with Crippen LogP contribution in [0.15, 0.2) is 75.6 Å². The number of nitrogens with one attached hydrogen (secondary N) is 2. The smallest absolute Gasteiger partial charge is 0.331 e. The van der Waals surface area contributed by atoms with Crippen LogP contribution in [0.1, 0.15) is 16.2 Å². The van der Waals surface area contributed by atoms with Gasteiger partial charge in [-0.1, -0.05) is 18.2 Å². The van der Waals surface area contributed by atoms with Gasteiger partial charge in [-0.05, 0) is 47.4 Å². The van der Waals surface area contributed by atoms with E-state index in [1.165, 1.54) is 41.9 Å². The molecule has 0 aliphatic carbocycles. The molecule has 1 aromatic carbocycles. The second-order valence-electron chi connectivity index (χ2n) is 6.27. The third kappa shape index (κ3) is 7.21. The zero-order valence-electron chi connectivity index (χ0n) is 16.3. The molecule has 0 atom stereocenters. The van der Waals surface area contributed by atoms with Crippen molar-refractivity contribution in [3.05, 3.63) is 82.5 Å². The Morgan fingerprint density at radius 1 is 1.06 bits per heavy atom. The molecule has 0 aliphatic heterocycles. The molecule has 2 heterocycles. The summed E-state index contributed by atoms with van der Waals surface area (Å²) in [6.07, 6.45) is 4.11. The highest BCUT2D eigenvalue weighted by atomic mass is 32.2. The van der Waals surface area contributed by atoms with Crippen molar-refractivity contribution in [2.45, 2.75) is 18.0 Å². The van der Waals surface area contributed by atoms with Crippen LogP contribution in [0.2, 0.25) is 0 Å². The zero-order chi connectivity index (χ0) is 22.1. The Labute approximate surface area is 183 Å². The molecule has 0 saturated carbocycles. The number of carbonyl (C=O) groups excluding carboxylic acids is 2. The van der Waals surface area contributed by atoms with Crippen molar-refractivity contribution in [1.29, 1.82) is 0 Å². The number of thiophene rings is 1. The van der Waals surface area contributed by atoms with Crippen LogP contribution < -0.4 is 10.0 Å². The summed E-state index contributed by atoms with van der Waals surface area (Å²) in [6.45, 7) is 0.0479. The Balaban J connectivity index is 1.44. The molecule has 0 fully saturated rings. The van der Waals surface area contributed by atoms with Crippen LogP contribution in [0.25, 0.3) is 6.08 Å². The Morgan fingerprint density at radius 3 is 2.55 bits per heavy atom. The van der Waals surface area contributed by atoms with E-state index < -0.39 is 21.9 Å². The van der Waals surface area contributed by atoms with E-state index in [0.29, 0.717) is 17.9 Å². The van der Waals surface area contributed by atoms with Gasteiger partial charge >= 0.3 is 5.97 Å². The minimum absolute atomic E-state index is 0.0454. The van der Waals surface area contributed by atoms with Crippen LogP contribution in [0.5, 0.6) is 0 Å². The minimum atomic E-state index is -3.69. The van der Waals surface area contributed by atoms with Gasteiger partial charge in [0.2, 0.25) is 10.0 Å². The zero-order valence-corrected chi connectivity index (χ0v) is 17.9. The maximum Gasteiger partial charge on any atom is 0.331 e. The number of hydrogen-bond acceptors (Lipinski definition) is 7. The maximum absolute atomic E-state index is 12.3. The van der Waals surface area contributed by atoms with Crippen molar-refractivity contribution in [3.8, 4) is 0 Å². The number of amides is 1. The summed E-state index contributed by atoms with van der Waals surface area (Å²) in [4.78, 5) is 24.6. The topological polar surface area (TPSA) is 115 Å². The average molecular weight is 461 g/mol. The number of carbonyl (C=O) groups is 2. The predicted molar refractivity (Wildman–Crippen MR) is 115 cm³/mol. The van der Waals surface area contributed by atoms with Crippen molar-refractivity contribution in [3.63, 3.8) is 0 Å². The summed E-state index contributed by atoms with van der Waals surface area (Å²) in [7, 11) is -3.69. The molecule has 2 N–H and O–H groups in total. The molecule has 0 saturated heterocycles. The quantitative estimate of drug-likeness (QED) is 0.355. The molecule has 3 aromatic rings. The molecule has 0 spiro atoms. The van der Waals surface area contributed by atoms with Gasteiger partial charge in [-0.25, -0.2) is 17.9 Å². The lowest BCUT2D eigenvalue weighted by molar-refractivity contribution is -0.143. The van der Waals surface area contributed by atoms with Gasteiger partial charge in [0.15, 0.2) is 6.61 Å². The van der Waals surface area contributed by atoms with Crippen LogP contribution >= 0.6 is 11.3 Å². The van der Waals surface area contributed by atoms with Crippen LogP contribution in [-0.4, -0.2) is 26.9 Å². The van der Waals surface area contributed by atoms with Crippen LogP contribution in [0, 0.1) is 0 Å². The standard InChI is InChI=1S/C21H20N2O6S2/c24-20(22-14-18-4-2-12-30-18)15-29-21(25)10-7-16-5-8-19(9-6-16)31(26,27)23-13-17-3-1-11-28-17/h1-12,23H,13-15H2,(H,22,24)/b10-7+. The number of furan rings is 1. The normalized spacial score (nSPS) is 11.5. The largest absolute Gasteiger partial charge is 0.468 e. The van der Waals surface area contributed by atoms with E-state index in [9.17, 15) is 18.0 Å². The van der Waals surface area contributed by atoms with Gasteiger partial charge in [-0.15, -0.1) is 11.3 Å². The number of sulfonamides is 1. The van der Waals surface area contributed by atoms with E-state index in [0.717, 1.165) is 4.88 Å². The summed E-state index contributed by atoms with van der Waals surface area (Å²) >= 11 is 1.52. The summed E-state index contributed by atoms with van der Waals surface area (Å²) < 4.78 is 37.0. The lowest BCUT2D eigenvalue weighted by atomic mass is 10.2. The fourth-order valence-corrected chi connectivity index (χ4v) is 4.06. The molecule has 10 heteroatoms. The summed E-state index contributed by atoms with van der Waals surface area (Å²) in [5.74, 6) is -0.573. The molecular weight excluding hydrogens is 440 g/mol. The van der Waals surface area contributed by atoms with E-state index >= 15 is 0 Å². The highest BCUT2D eigenvalue weighted by Crippen LogP contribution is 2.13. The molecule has 0 bridgehead atoms. The molecular formula is C21H20N2O6S2. The van der Waals surface area contributed by atoms with E-state index in [-0.39, 0.29) is 18.0 Å². The molecule has 31 heavy (non-hydrogen) atoms. The van der Waals surface area contributed by atoms with Crippen molar-refractivity contribution in [2.75, 3.05) is 6.61 Å². The van der Waals surface area contributed by atoms with Gasteiger partial charge in [0.1, 0.15) is 5.76 Å². The van der Waals surface area contributed by atoms with Crippen molar-refractivity contribution >= 4 is 39.3 Å². The first-order chi connectivity index (χ1) is 14.9. The SMILES string of the molecule is O=C(COC(=O)/C=C/c1ccc(S(=O)(=O)NCc2ccco2)cc1)NCc1cccs1. The highest BCUT2D eigenvalue weighted by molar-refractivity contribution is 7.89. The van der Waals surface area contributed by atoms with Crippen molar-refractivity contribution < 1.29 is 27.2 Å². The Morgan fingerprint density at radius 2 is 1.87 bits per heavy atom. The van der Waals surface area contributed by atoms with Gasteiger partial charge in [-0.3, -0.25) is 4.79 Å². The molecule has 0 radical (unpaired) electrons. The monoisotopic (exact) mass is 460 g/mol. The van der Waals surface area contributed by atoms with Gasteiger partial charge < -0.3 is 14.5 Å². The second kappa shape index (κ2) is 10.7. The predicted octanol–water partition coefficient (Wildman–Crippen LogP) is 2.69. The number of hydrogen-bond donors (Lipinski definition) is 2. The Bertz CT molecular complexity index is 1120. The summed E-state index contributed by atoms with van der Waals surface area (Å²) in [6, 6.07) is 13.1.